The lowest BCUT2D eigenvalue weighted by molar-refractivity contribution is 0.292. The molecule has 0 atom stereocenters. The van der Waals surface area contributed by atoms with E-state index in [1.807, 2.05) is 6.07 Å². The van der Waals surface area contributed by atoms with Crippen LogP contribution >= 0.6 is 23.2 Å². The molecule has 112 valence electrons. The molecular formula is C15H17Cl2N3O. The van der Waals surface area contributed by atoms with Crippen LogP contribution in [0.25, 0.3) is 0 Å². The normalized spacial score (nSPS) is 10.9. The van der Waals surface area contributed by atoms with Gasteiger partial charge in [0.15, 0.2) is 5.82 Å². The Balaban J connectivity index is 2.16. The van der Waals surface area contributed by atoms with Crippen LogP contribution in [0.15, 0.2) is 30.6 Å². The number of rotatable bonds is 6. The zero-order valence-corrected chi connectivity index (χ0v) is 13.4. The molecule has 1 aromatic heterocycles. The lowest BCUT2D eigenvalue weighted by atomic mass is 10.2. The number of halogens is 2. The average Bonchev–Trinajstić information content (AvgIpc) is 2.45. The minimum atomic E-state index is 0.261. The highest BCUT2D eigenvalue weighted by Gasteiger charge is 2.12. The molecule has 1 N–H and O–H groups in total. The predicted octanol–water partition coefficient (Wildman–Crippen LogP) is 3.86. The van der Waals surface area contributed by atoms with Gasteiger partial charge in [-0.25, -0.2) is 9.97 Å². The Bertz CT molecular complexity index is 591. The molecule has 2 aromatic rings. The van der Waals surface area contributed by atoms with Gasteiger partial charge in [0.1, 0.15) is 12.4 Å². The van der Waals surface area contributed by atoms with E-state index in [4.69, 9.17) is 27.9 Å². The number of hydrogen-bond acceptors (Lipinski definition) is 4. The zero-order valence-electron chi connectivity index (χ0n) is 11.9. The first kappa shape index (κ1) is 16.0. The Morgan fingerprint density at radius 1 is 1.19 bits per heavy atom. The summed E-state index contributed by atoms with van der Waals surface area (Å²) in [5, 5.41) is 4.40. The van der Waals surface area contributed by atoms with Gasteiger partial charge in [-0.3, -0.25) is 0 Å². The first-order valence-electron chi connectivity index (χ1n) is 6.66. The van der Waals surface area contributed by atoms with Crippen molar-refractivity contribution in [3.05, 3.63) is 52.0 Å². The van der Waals surface area contributed by atoms with Gasteiger partial charge in [0, 0.05) is 35.6 Å². The summed E-state index contributed by atoms with van der Waals surface area (Å²) in [6, 6.07) is 5.64. The number of ether oxygens (including phenoxy) is 1. The van der Waals surface area contributed by atoms with Gasteiger partial charge in [-0.15, -0.1) is 0 Å². The summed E-state index contributed by atoms with van der Waals surface area (Å²) in [6.45, 7) is 5.04. The SMILES string of the molecule is CC(C)NCc1cc(Cl)cc(Cl)c1OCc1ncccn1. The molecule has 0 aliphatic rings. The number of nitrogens with zero attached hydrogens (tertiary/aromatic N) is 2. The second kappa shape index (κ2) is 7.59. The summed E-state index contributed by atoms with van der Waals surface area (Å²) in [4.78, 5) is 8.25. The van der Waals surface area contributed by atoms with Crippen LogP contribution < -0.4 is 10.1 Å². The maximum absolute atomic E-state index is 6.24. The van der Waals surface area contributed by atoms with Crippen LogP contribution in [0.4, 0.5) is 0 Å². The molecule has 0 radical (unpaired) electrons. The fourth-order valence-corrected chi connectivity index (χ4v) is 2.35. The van der Waals surface area contributed by atoms with Crippen LogP contribution in [0.3, 0.4) is 0 Å². The molecule has 1 aromatic carbocycles. The van der Waals surface area contributed by atoms with E-state index >= 15 is 0 Å². The molecular weight excluding hydrogens is 309 g/mol. The molecule has 0 aliphatic carbocycles. The van der Waals surface area contributed by atoms with Gasteiger partial charge in [-0.1, -0.05) is 37.0 Å². The van der Waals surface area contributed by atoms with Gasteiger partial charge in [0.2, 0.25) is 0 Å². The van der Waals surface area contributed by atoms with Crippen molar-refractivity contribution in [1.82, 2.24) is 15.3 Å². The first-order chi connectivity index (χ1) is 10.1. The Morgan fingerprint density at radius 3 is 2.57 bits per heavy atom. The second-order valence-corrected chi connectivity index (χ2v) is 5.71. The fourth-order valence-electron chi connectivity index (χ4n) is 1.76. The Kier molecular flexibility index (Phi) is 5.79. The highest BCUT2D eigenvalue weighted by molar-refractivity contribution is 6.35. The topological polar surface area (TPSA) is 47.0 Å². The van der Waals surface area contributed by atoms with E-state index in [0.717, 1.165) is 5.56 Å². The van der Waals surface area contributed by atoms with Gasteiger partial charge in [0.05, 0.1) is 5.02 Å². The van der Waals surface area contributed by atoms with E-state index in [2.05, 4.69) is 29.1 Å². The van der Waals surface area contributed by atoms with Crippen molar-refractivity contribution in [1.29, 1.82) is 0 Å². The van der Waals surface area contributed by atoms with Crippen LogP contribution in [0.1, 0.15) is 25.2 Å². The van der Waals surface area contributed by atoms with Crippen molar-refractivity contribution in [2.75, 3.05) is 0 Å². The van der Waals surface area contributed by atoms with Gasteiger partial charge < -0.3 is 10.1 Å². The molecule has 1 heterocycles. The molecule has 0 aliphatic heterocycles. The van der Waals surface area contributed by atoms with Crippen molar-refractivity contribution in [2.45, 2.75) is 33.0 Å². The van der Waals surface area contributed by atoms with E-state index < -0.39 is 0 Å². The minimum Gasteiger partial charge on any atom is -0.484 e. The third kappa shape index (κ3) is 4.84. The van der Waals surface area contributed by atoms with Crippen LogP contribution in [0.2, 0.25) is 10.0 Å². The van der Waals surface area contributed by atoms with E-state index in [-0.39, 0.29) is 6.61 Å². The smallest absolute Gasteiger partial charge is 0.166 e. The lowest BCUT2D eigenvalue weighted by Crippen LogP contribution is -2.22. The van der Waals surface area contributed by atoms with Crippen LogP contribution in [-0.4, -0.2) is 16.0 Å². The Morgan fingerprint density at radius 2 is 1.90 bits per heavy atom. The summed E-state index contributed by atoms with van der Waals surface area (Å²) in [5.74, 6) is 1.22. The van der Waals surface area contributed by atoms with E-state index in [9.17, 15) is 0 Å². The molecule has 0 amide bonds. The number of hydrogen-bond donors (Lipinski definition) is 1. The summed E-state index contributed by atoms with van der Waals surface area (Å²) in [5.41, 5.74) is 0.914. The van der Waals surface area contributed by atoms with E-state index in [0.29, 0.717) is 34.2 Å². The van der Waals surface area contributed by atoms with Crippen molar-refractivity contribution in [3.63, 3.8) is 0 Å². The van der Waals surface area contributed by atoms with Crippen molar-refractivity contribution >= 4 is 23.2 Å². The second-order valence-electron chi connectivity index (χ2n) is 4.87. The molecule has 0 unspecified atom stereocenters. The standard InChI is InChI=1S/C15H17Cl2N3O/c1-10(2)20-8-11-6-12(16)7-13(17)15(11)21-9-14-18-4-3-5-19-14/h3-7,10,20H,8-9H2,1-2H3. The summed E-state index contributed by atoms with van der Waals surface area (Å²) in [7, 11) is 0. The maximum Gasteiger partial charge on any atom is 0.166 e. The highest BCUT2D eigenvalue weighted by Crippen LogP contribution is 2.33. The average molecular weight is 326 g/mol. The summed E-state index contributed by atoms with van der Waals surface area (Å²) in [6.07, 6.45) is 3.35. The molecule has 0 fully saturated rings. The minimum absolute atomic E-state index is 0.261. The number of nitrogens with one attached hydrogen (secondary N) is 1. The molecule has 0 saturated heterocycles. The van der Waals surface area contributed by atoms with E-state index in [1.54, 1.807) is 24.5 Å². The van der Waals surface area contributed by atoms with Crippen molar-refractivity contribution in [3.8, 4) is 5.75 Å². The Labute approximate surface area is 134 Å². The molecule has 21 heavy (non-hydrogen) atoms. The van der Waals surface area contributed by atoms with Gasteiger partial charge in [-0.2, -0.15) is 0 Å². The van der Waals surface area contributed by atoms with Gasteiger partial charge in [0.25, 0.3) is 0 Å². The molecule has 2 rings (SSSR count). The molecule has 0 spiro atoms. The van der Waals surface area contributed by atoms with Crippen molar-refractivity contribution in [2.24, 2.45) is 0 Å². The number of benzene rings is 1. The first-order valence-corrected chi connectivity index (χ1v) is 7.42. The van der Waals surface area contributed by atoms with Crippen LogP contribution in [0.5, 0.6) is 5.75 Å². The predicted molar refractivity (Wildman–Crippen MR) is 84.8 cm³/mol. The fraction of sp³-hybridized carbons (Fsp3) is 0.333. The highest BCUT2D eigenvalue weighted by atomic mass is 35.5. The lowest BCUT2D eigenvalue weighted by Gasteiger charge is -2.15. The van der Waals surface area contributed by atoms with Crippen LogP contribution in [0, 0.1) is 0 Å². The third-order valence-corrected chi connectivity index (χ3v) is 3.25. The van der Waals surface area contributed by atoms with Gasteiger partial charge in [-0.05, 0) is 18.2 Å². The maximum atomic E-state index is 6.24. The largest absolute Gasteiger partial charge is 0.484 e. The van der Waals surface area contributed by atoms with E-state index in [1.165, 1.54) is 0 Å². The summed E-state index contributed by atoms with van der Waals surface area (Å²) >= 11 is 12.3. The Hall–Kier alpha value is -1.36. The van der Waals surface area contributed by atoms with Crippen LogP contribution in [-0.2, 0) is 13.2 Å². The zero-order chi connectivity index (χ0) is 15.2. The van der Waals surface area contributed by atoms with Gasteiger partial charge >= 0.3 is 0 Å². The third-order valence-electron chi connectivity index (χ3n) is 2.75. The number of aromatic nitrogens is 2. The molecule has 4 nitrogen and oxygen atoms in total. The van der Waals surface area contributed by atoms with Crippen molar-refractivity contribution < 1.29 is 4.74 Å². The monoisotopic (exact) mass is 325 g/mol. The quantitative estimate of drug-likeness (QED) is 0.876. The molecule has 6 heteroatoms. The molecule has 0 bridgehead atoms. The summed E-state index contributed by atoms with van der Waals surface area (Å²) < 4.78 is 5.79. The molecule has 0 saturated carbocycles.